The summed E-state index contributed by atoms with van der Waals surface area (Å²) in [5, 5.41) is 5.20. The Hall–Kier alpha value is -2.47. The maximum Gasteiger partial charge on any atom is 0.267 e. The lowest BCUT2D eigenvalue weighted by molar-refractivity contribution is 0.505. The van der Waals surface area contributed by atoms with Crippen LogP contribution in [0.3, 0.4) is 0 Å². The molecule has 24 heavy (non-hydrogen) atoms. The summed E-state index contributed by atoms with van der Waals surface area (Å²) in [5.74, 6) is 0. The molecule has 0 unspecified atom stereocenters. The first-order chi connectivity index (χ1) is 11.6. The maximum atomic E-state index is 12.0. The topological polar surface area (TPSA) is 60.7 Å². The molecule has 0 N–H and O–H groups in total. The van der Waals surface area contributed by atoms with Crippen molar-refractivity contribution in [3.8, 4) is 22.5 Å². The molecule has 0 aliphatic heterocycles. The summed E-state index contributed by atoms with van der Waals surface area (Å²) in [5.41, 5.74) is 3.20. The van der Waals surface area contributed by atoms with Crippen molar-refractivity contribution in [1.82, 2.24) is 19.7 Å². The predicted molar refractivity (Wildman–Crippen MR) is 97.1 cm³/mol. The molecule has 3 rings (SSSR count). The van der Waals surface area contributed by atoms with Crippen LogP contribution in [0, 0.1) is 0 Å². The molecule has 0 saturated heterocycles. The van der Waals surface area contributed by atoms with Crippen molar-refractivity contribution < 1.29 is 0 Å². The lowest BCUT2D eigenvalue weighted by Crippen LogP contribution is -2.24. The third-order valence-electron chi connectivity index (χ3n) is 3.59. The Morgan fingerprint density at radius 2 is 1.83 bits per heavy atom. The summed E-state index contributed by atoms with van der Waals surface area (Å²) >= 11 is 1.49. The minimum Gasteiger partial charge on any atom is -0.268 e. The molecule has 0 aliphatic carbocycles. The highest BCUT2D eigenvalue weighted by Gasteiger charge is 2.14. The number of aromatic nitrogens is 4. The monoisotopic (exact) mass is 338 g/mol. The Morgan fingerprint density at radius 1 is 1.08 bits per heavy atom. The summed E-state index contributed by atoms with van der Waals surface area (Å²) in [7, 11) is 0. The van der Waals surface area contributed by atoms with Crippen LogP contribution < -0.4 is 5.56 Å². The minimum absolute atomic E-state index is 0.0102. The Balaban J connectivity index is 2.22. The van der Waals surface area contributed by atoms with E-state index in [0.717, 1.165) is 16.8 Å². The molecule has 6 heteroatoms. The number of nitrogens with zero attached hydrogens (tertiary/aromatic N) is 4. The first kappa shape index (κ1) is 16.4. The van der Waals surface area contributed by atoms with Gasteiger partial charge in [0.25, 0.3) is 5.56 Å². The molecule has 122 valence electrons. The third kappa shape index (κ3) is 3.23. The van der Waals surface area contributed by atoms with E-state index < -0.39 is 0 Å². The Labute approximate surface area is 144 Å². The SMILES string of the molecule is CSc1ncc(-c2ccc(=O)n(C(C)C)n2)c(-c2ccccc2)n1. The highest BCUT2D eigenvalue weighted by molar-refractivity contribution is 7.98. The van der Waals surface area contributed by atoms with Gasteiger partial charge in [-0.25, -0.2) is 14.6 Å². The van der Waals surface area contributed by atoms with Gasteiger partial charge in [-0.3, -0.25) is 4.79 Å². The van der Waals surface area contributed by atoms with Crippen molar-refractivity contribution in [3.63, 3.8) is 0 Å². The normalized spacial score (nSPS) is 11.0. The molecule has 0 aliphatic rings. The smallest absolute Gasteiger partial charge is 0.267 e. The lowest BCUT2D eigenvalue weighted by atomic mass is 10.0. The molecule has 0 spiro atoms. The molecule has 2 heterocycles. The molecule has 0 radical (unpaired) electrons. The molecule has 0 saturated carbocycles. The molecule has 3 aromatic rings. The van der Waals surface area contributed by atoms with E-state index in [4.69, 9.17) is 0 Å². The highest BCUT2D eigenvalue weighted by Crippen LogP contribution is 2.29. The van der Waals surface area contributed by atoms with Gasteiger partial charge < -0.3 is 0 Å². The van der Waals surface area contributed by atoms with Crippen molar-refractivity contribution in [3.05, 3.63) is 59.0 Å². The molecule has 0 amide bonds. The first-order valence-corrected chi connectivity index (χ1v) is 8.89. The van der Waals surface area contributed by atoms with E-state index in [2.05, 4.69) is 15.1 Å². The van der Waals surface area contributed by atoms with Crippen LogP contribution in [0.25, 0.3) is 22.5 Å². The summed E-state index contributed by atoms with van der Waals surface area (Å²) in [6, 6.07) is 13.2. The fraction of sp³-hybridized carbons (Fsp3) is 0.222. The predicted octanol–water partition coefficient (Wildman–Crippen LogP) is 3.67. The molecule has 0 fully saturated rings. The average Bonchev–Trinajstić information content (AvgIpc) is 2.62. The van der Waals surface area contributed by atoms with E-state index in [1.165, 1.54) is 16.4 Å². The van der Waals surface area contributed by atoms with E-state index in [9.17, 15) is 4.79 Å². The number of rotatable bonds is 4. The van der Waals surface area contributed by atoms with Gasteiger partial charge in [-0.1, -0.05) is 42.1 Å². The van der Waals surface area contributed by atoms with Crippen LogP contribution in [0.15, 0.2) is 58.6 Å². The molecule has 0 bridgehead atoms. The van der Waals surface area contributed by atoms with Crippen molar-refractivity contribution >= 4 is 11.8 Å². The zero-order valence-electron chi connectivity index (χ0n) is 13.8. The summed E-state index contributed by atoms with van der Waals surface area (Å²) in [6.45, 7) is 3.87. The van der Waals surface area contributed by atoms with E-state index in [0.29, 0.717) is 10.9 Å². The van der Waals surface area contributed by atoms with Crippen LogP contribution in [0.4, 0.5) is 0 Å². The summed E-state index contributed by atoms with van der Waals surface area (Å²) in [6.07, 6.45) is 3.72. The van der Waals surface area contributed by atoms with E-state index in [1.54, 1.807) is 18.3 Å². The van der Waals surface area contributed by atoms with Gasteiger partial charge in [0, 0.05) is 23.4 Å². The molecule has 1 aromatic carbocycles. The second kappa shape index (κ2) is 6.97. The second-order valence-corrected chi connectivity index (χ2v) is 6.35. The van der Waals surface area contributed by atoms with Gasteiger partial charge in [-0.05, 0) is 26.2 Å². The fourth-order valence-corrected chi connectivity index (χ4v) is 2.75. The van der Waals surface area contributed by atoms with Crippen LogP contribution in [0.2, 0.25) is 0 Å². The summed E-state index contributed by atoms with van der Waals surface area (Å²) in [4.78, 5) is 21.0. The zero-order valence-corrected chi connectivity index (χ0v) is 14.6. The Bertz CT molecular complexity index is 906. The third-order valence-corrected chi connectivity index (χ3v) is 4.15. The quantitative estimate of drug-likeness (QED) is 0.536. The molecule has 5 nitrogen and oxygen atoms in total. The second-order valence-electron chi connectivity index (χ2n) is 5.58. The molecular weight excluding hydrogens is 320 g/mol. The Kier molecular flexibility index (Phi) is 4.76. The number of benzene rings is 1. The van der Waals surface area contributed by atoms with Gasteiger partial charge >= 0.3 is 0 Å². The molecule has 0 atom stereocenters. The van der Waals surface area contributed by atoms with Crippen LogP contribution >= 0.6 is 11.8 Å². The standard InChI is InChI=1S/C18H18N4OS/c1-12(2)22-16(23)10-9-15(21-22)14-11-19-18(24-3)20-17(14)13-7-5-4-6-8-13/h4-12H,1-3H3. The summed E-state index contributed by atoms with van der Waals surface area (Å²) < 4.78 is 1.48. The van der Waals surface area contributed by atoms with Gasteiger partial charge in [0.1, 0.15) is 0 Å². The average molecular weight is 338 g/mol. The van der Waals surface area contributed by atoms with Gasteiger partial charge in [0.15, 0.2) is 5.16 Å². The van der Waals surface area contributed by atoms with E-state index in [1.807, 2.05) is 50.4 Å². The first-order valence-electron chi connectivity index (χ1n) is 7.67. The number of hydrogen-bond acceptors (Lipinski definition) is 5. The van der Waals surface area contributed by atoms with Crippen molar-refractivity contribution in [2.75, 3.05) is 6.26 Å². The van der Waals surface area contributed by atoms with Gasteiger partial charge in [-0.15, -0.1) is 0 Å². The van der Waals surface area contributed by atoms with Crippen LogP contribution in [0.5, 0.6) is 0 Å². The highest BCUT2D eigenvalue weighted by atomic mass is 32.2. The largest absolute Gasteiger partial charge is 0.268 e. The number of hydrogen-bond donors (Lipinski definition) is 0. The maximum absolute atomic E-state index is 12.0. The number of thioether (sulfide) groups is 1. The lowest BCUT2D eigenvalue weighted by Gasteiger charge is -2.12. The van der Waals surface area contributed by atoms with Crippen LogP contribution in [0.1, 0.15) is 19.9 Å². The van der Waals surface area contributed by atoms with E-state index >= 15 is 0 Å². The van der Waals surface area contributed by atoms with Crippen LogP contribution in [-0.2, 0) is 0 Å². The van der Waals surface area contributed by atoms with Crippen LogP contribution in [-0.4, -0.2) is 26.0 Å². The zero-order chi connectivity index (χ0) is 17.1. The molecular formula is C18H18N4OS. The van der Waals surface area contributed by atoms with Gasteiger partial charge in [0.05, 0.1) is 17.4 Å². The van der Waals surface area contributed by atoms with Crippen molar-refractivity contribution in [2.24, 2.45) is 0 Å². The van der Waals surface area contributed by atoms with Gasteiger partial charge in [0.2, 0.25) is 0 Å². The minimum atomic E-state index is -0.114. The van der Waals surface area contributed by atoms with Crippen molar-refractivity contribution in [2.45, 2.75) is 25.0 Å². The molecule has 2 aromatic heterocycles. The fourth-order valence-electron chi connectivity index (χ4n) is 2.41. The van der Waals surface area contributed by atoms with E-state index in [-0.39, 0.29) is 11.6 Å². The van der Waals surface area contributed by atoms with Gasteiger partial charge in [-0.2, -0.15) is 5.10 Å². The Morgan fingerprint density at radius 3 is 2.50 bits per heavy atom. The van der Waals surface area contributed by atoms with Crippen molar-refractivity contribution in [1.29, 1.82) is 0 Å².